The fourth-order valence-corrected chi connectivity index (χ4v) is 13.7. The molecule has 3 amide bonds. The summed E-state index contributed by atoms with van der Waals surface area (Å²) in [5.74, 6) is 9.27. The van der Waals surface area contributed by atoms with Crippen molar-refractivity contribution < 1.29 is 44.0 Å². The van der Waals surface area contributed by atoms with E-state index < -0.39 is 0 Å². The summed E-state index contributed by atoms with van der Waals surface area (Å²) in [4.78, 5) is 45.3. The number of rotatable bonds is 12. The van der Waals surface area contributed by atoms with Gasteiger partial charge in [0.15, 0.2) is 0 Å². The molecule has 0 aromatic heterocycles. The number of nitrogens with zero attached hydrogens (tertiary/aromatic N) is 1. The van der Waals surface area contributed by atoms with Gasteiger partial charge in [-0.3, -0.25) is 19.7 Å². The summed E-state index contributed by atoms with van der Waals surface area (Å²) < 4.78 is 10.3. The summed E-state index contributed by atoms with van der Waals surface area (Å²) in [6, 6.07) is -0.260. The van der Waals surface area contributed by atoms with Crippen molar-refractivity contribution in [2.45, 2.75) is 180 Å². The van der Waals surface area contributed by atoms with Gasteiger partial charge in [0, 0.05) is 38.0 Å². The summed E-state index contributed by atoms with van der Waals surface area (Å²) >= 11 is 0. The Bertz CT molecular complexity index is 1540. The number of carbonyl (C=O) groups is 4. The monoisotopic (exact) mass is 931 g/mol. The highest BCUT2D eigenvalue weighted by Gasteiger charge is 2.58. The number of aliphatic hydroxyl groups is 3. The molecule has 66 heavy (non-hydrogen) atoms. The lowest BCUT2D eigenvalue weighted by Crippen LogP contribution is -2.52. The van der Waals surface area contributed by atoms with E-state index in [9.17, 15) is 19.2 Å². The van der Waals surface area contributed by atoms with Gasteiger partial charge in [-0.05, 0) is 146 Å². The highest BCUT2D eigenvalue weighted by atomic mass is 16.5. The first-order chi connectivity index (χ1) is 30.8. The normalized spacial score (nSPS) is 32.9. The molecule has 6 bridgehead atoms. The predicted molar refractivity (Wildman–Crippen MR) is 264 cm³/mol. The molecule has 9 aliphatic rings. The maximum absolute atomic E-state index is 11.4. The van der Waals surface area contributed by atoms with E-state index in [1.165, 1.54) is 17.7 Å². The molecular weight excluding hydrogens is 833 g/mol. The molecule has 3 aliphatic heterocycles. The lowest BCUT2D eigenvalue weighted by Gasteiger charge is -2.63. The van der Waals surface area contributed by atoms with Gasteiger partial charge >= 0.3 is 18.0 Å². The number of esters is 2. The van der Waals surface area contributed by atoms with E-state index >= 15 is 0 Å². The van der Waals surface area contributed by atoms with Crippen molar-refractivity contribution in [2.24, 2.45) is 99.6 Å². The average molecular weight is 931 g/mol. The number of imide groups is 1. The van der Waals surface area contributed by atoms with Crippen LogP contribution in [-0.4, -0.2) is 83.1 Å². The molecule has 0 radical (unpaired) electrons. The van der Waals surface area contributed by atoms with Crippen LogP contribution in [-0.2, 0) is 23.9 Å². The first kappa shape index (κ1) is 57.7. The molecule has 0 aromatic carbocycles. The van der Waals surface area contributed by atoms with Gasteiger partial charge < -0.3 is 29.7 Å². The van der Waals surface area contributed by atoms with Crippen LogP contribution in [0.5, 0.6) is 0 Å². The van der Waals surface area contributed by atoms with Crippen LogP contribution in [0.3, 0.4) is 0 Å². The quantitative estimate of drug-likeness (QED) is 0.0847. The summed E-state index contributed by atoms with van der Waals surface area (Å²) in [7, 11) is 0. The number of ether oxygens (including phenoxy) is 2. The van der Waals surface area contributed by atoms with Crippen molar-refractivity contribution in [1.82, 2.24) is 10.2 Å². The lowest BCUT2D eigenvalue weighted by atomic mass is 9.42. The van der Waals surface area contributed by atoms with Gasteiger partial charge in [-0.25, -0.2) is 4.79 Å². The molecule has 382 valence electrons. The fraction of sp³-hybridized carbons (Fsp3) is 0.891. The van der Waals surface area contributed by atoms with E-state index in [0.717, 1.165) is 47.3 Å². The maximum Gasteiger partial charge on any atom is 0.324 e. The van der Waals surface area contributed by atoms with Crippen LogP contribution in [0, 0.1) is 99.6 Å². The highest BCUT2D eigenvalue weighted by Crippen LogP contribution is 2.67. The van der Waals surface area contributed by atoms with Crippen LogP contribution in [0.15, 0.2) is 12.3 Å². The molecule has 6 saturated carbocycles. The number of amides is 3. The van der Waals surface area contributed by atoms with Crippen molar-refractivity contribution in [1.29, 1.82) is 0 Å². The topological polar surface area (TPSA) is 163 Å². The Morgan fingerprint density at radius 3 is 1.82 bits per heavy atom. The zero-order chi connectivity index (χ0) is 49.8. The molecule has 3 saturated heterocycles. The van der Waals surface area contributed by atoms with Crippen molar-refractivity contribution in [2.75, 3.05) is 32.9 Å². The van der Waals surface area contributed by atoms with Crippen molar-refractivity contribution in [3.8, 4) is 0 Å². The van der Waals surface area contributed by atoms with Crippen LogP contribution in [0.2, 0.25) is 0 Å². The number of hydrogen-bond acceptors (Lipinski definition) is 9. The van der Waals surface area contributed by atoms with Crippen molar-refractivity contribution in [3.05, 3.63) is 12.3 Å². The molecule has 0 aromatic rings. The Hall–Kier alpha value is -2.66. The number of carbonyl (C=O) groups excluding carboxylic acids is 4. The smallest absolute Gasteiger partial charge is 0.324 e. The summed E-state index contributed by atoms with van der Waals surface area (Å²) in [6.45, 7) is 36.0. The van der Waals surface area contributed by atoms with E-state index in [0.29, 0.717) is 85.9 Å². The lowest BCUT2D eigenvalue weighted by molar-refractivity contribution is -0.169. The third-order valence-electron chi connectivity index (χ3n) is 16.8. The standard InChI is InChI=1S/C14H24.C12H18O2.C8H16O2.C7H12N2O2.C7H12O2.C7H16O/c1-10(2)14-7-11-4-12(8-14)6-13(3,5-11)9-14;1-6(2)11-8-3-7-5-10(13)14-12(11)9(7)4-8;1-6(2)8(4-5-9)7(3)10;1-5(2)3-9-4-6(10)8-7(9)11;1-5(2)6-3-4-9-7(6)8;1-4-7(5-8)6(2)3/h10-12H,4-9H2,1-3H3;6-9,11-12H,3-5H2,1-2H3;6,8-10H,3-5H2,1-2H3;5H,3-4H2,1-2H3,(H,8,10,11);5-6H,3-4H2,1-2H3;6-8H,4-5H2,1-3H3. The minimum atomic E-state index is -0.260. The number of hydrogen-bond donors (Lipinski definition) is 4. The molecule has 9 fully saturated rings. The molecule has 4 N–H and O–H groups in total. The number of cyclic esters (lactones) is 1. The molecule has 10 unspecified atom stereocenters. The van der Waals surface area contributed by atoms with Gasteiger partial charge in [-0.1, -0.05) is 110 Å². The van der Waals surface area contributed by atoms with E-state index in [2.05, 4.69) is 81.1 Å². The Morgan fingerprint density at radius 2 is 1.47 bits per heavy atom. The van der Waals surface area contributed by atoms with Crippen LogP contribution >= 0.6 is 0 Å². The SMILES string of the molecule is C=C(O)C(CCO)C(C)C.CC(C)C12CC3CC(CC(C)(C3)C1)C2.CC(C)C1C2CC3CC(=O)OC1C3C2.CC(C)C1CCOC1=O.CC(C)CN1CC(=O)NC1=O.CCC(CO)C(C)C. The van der Waals surface area contributed by atoms with E-state index in [1.54, 1.807) is 38.5 Å². The average Bonchev–Trinajstić information content (AvgIpc) is 3.98. The first-order valence-corrected chi connectivity index (χ1v) is 26.3. The predicted octanol–water partition coefficient (Wildman–Crippen LogP) is 11.3. The molecule has 11 nitrogen and oxygen atoms in total. The Balaban J connectivity index is 0.000000213. The Morgan fingerprint density at radius 1 is 0.848 bits per heavy atom. The Labute approximate surface area is 401 Å². The molecule has 0 spiro atoms. The zero-order valence-corrected chi connectivity index (χ0v) is 44.2. The van der Waals surface area contributed by atoms with E-state index in [-0.39, 0.29) is 60.7 Å². The molecular formula is C55H98N2O9. The van der Waals surface area contributed by atoms with Gasteiger partial charge in [0.2, 0.25) is 5.91 Å². The zero-order valence-electron chi connectivity index (χ0n) is 44.2. The summed E-state index contributed by atoms with van der Waals surface area (Å²) in [6.07, 6.45) is 15.6. The molecule has 10 atom stereocenters. The molecule has 9 rings (SSSR count). The molecule has 11 heteroatoms. The number of fused-ring (bicyclic) bond motifs is 1. The van der Waals surface area contributed by atoms with Gasteiger partial charge in [-0.2, -0.15) is 0 Å². The van der Waals surface area contributed by atoms with Gasteiger partial charge in [0.25, 0.3) is 0 Å². The second kappa shape index (κ2) is 25.8. The van der Waals surface area contributed by atoms with Crippen molar-refractivity contribution >= 4 is 23.9 Å². The van der Waals surface area contributed by atoms with Crippen LogP contribution < -0.4 is 5.32 Å². The number of allylic oxidation sites excluding steroid dienone is 1. The first-order valence-electron chi connectivity index (χ1n) is 26.3. The fourth-order valence-electron chi connectivity index (χ4n) is 13.7. The number of nitrogens with one attached hydrogen (secondary N) is 1. The number of urea groups is 1. The van der Waals surface area contributed by atoms with Crippen LogP contribution in [0.25, 0.3) is 0 Å². The highest BCUT2D eigenvalue weighted by molar-refractivity contribution is 6.01. The Kier molecular flexibility index (Phi) is 22.5. The minimum absolute atomic E-state index is 0.00926. The third-order valence-corrected chi connectivity index (χ3v) is 16.8. The maximum atomic E-state index is 11.4. The summed E-state index contributed by atoms with van der Waals surface area (Å²) in [5.41, 5.74) is 1.51. The third kappa shape index (κ3) is 15.9. The number of aliphatic hydroxyl groups excluding tert-OH is 3. The minimum Gasteiger partial charge on any atom is -0.513 e. The second-order valence-electron chi connectivity index (χ2n) is 24.3. The van der Waals surface area contributed by atoms with Gasteiger partial charge in [-0.15, -0.1) is 0 Å². The van der Waals surface area contributed by atoms with Gasteiger partial charge in [0.1, 0.15) is 12.6 Å². The van der Waals surface area contributed by atoms with E-state index in [4.69, 9.17) is 24.8 Å². The van der Waals surface area contributed by atoms with Crippen molar-refractivity contribution in [3.63, 3.8) is 0 Å². The van der Waals surface area contributed by atoms with Crippen LogP contribution in [0.4, 0.5) is 4.79 Å². The molecule has 3 heterocycles. The van der Waals surface area contributed by atoms with Crippen LogP contribution in [0.1, 0.15) is 174 Å². The molecule has 6 aliphatic carbocycles. The largest absolute Gasteiger partial charge is 0.513 e. The summed E-state index contributed by atoms with van der Waals surface area (Å²) in [5, 5.41) is 28.5. The second-order valence-corrected chi connectivity index (χ2v) is 24.3. The van der Waals surface area contributed by atoms with E-state index in [1.807, 2.05) is 27.7 Å². The van der Waals surface area contributed by atoms with Gasteiger partial charge in [0.05, 0.1) is 18.3 Å².